The normalized spacial score (nSPS) is 38.9. The van der Waals surface area contributed by atoms with Gasteiger partial charge in [-0.3, -0.25) is 0 Å². The molecule has 2 N–H and O–H groups in total. The van der Waals surface area contributed by atoms with Gasteiger partial charge in [-0.2, -0.15) is 0 Å². The molecule has 4 fully saturated rings. The second-order valence-corrected chi connectivity index (χ2v) is 11.4. The van der Waals surface area contributed by atoms with Crippen LogP contribution in [-0.2, 0) is 10.0 Å². The third-order valence-corrected chi connectivity index (χ3v) is 10.1. The van der Waals surface area contributed by atoms with E-state index in [-0.39, 0.29) is 16.5 Å². The van der Waals surface area contributed by atoms with E-state index in [9.17, 15) is 8.42 Å². The highest BCUT2D eigenvalue weighted by atomic mass is 32.2. The summed E-state index contributed by atoms with van der Waals surface area (Å²) in [5.74, 6) is 1.35. The van der Waals surface area contributed by atoms with E-state index in [1.54, 1.807) is 12.1 Å². The highest BCUT2D eigenvalue weighted by Crippen LogP contribution is 2.84. The molecule has 2 aromatic carbocycles. The molecule has 5 atom stereocenters. The fourth-order valence-corrected chi connectivity index (χ4v) is 9.41. The van der Waals surface area contributed by atoms with Crippen LogP contribution >= 0.6 is 0 Å². The molecular formula is C24H28N2O2S. The largest absolute Gasteiger partial charge is 0.311 e. The van der Waals surface area contributed by atoms with Gasteiger partial charge in [-0.15, -0.1) is 0 Å². The summed E-state index contributed by atoms with van der Waals surface area (Å²) >= 11 is 0. The van der Waals surface area contributed by atoms with Crippen molar-refractivity contribution in [1.29, 1.82) is 0 Å². The fraction of sp³-hybridized carbons (Fsp3) is 0.500. The van der Waals surface area contributed by atoms with Crippen molar-refractivity contribution in [3.05, 3.63) is 54.6 Å². The van der Waals surface area contributed by atoms with Gasteiger partial charge in [0.1, 0.15) is 0 Å². The molecule has 0 radical (unpaired) electrons. The Kier molecular flexibility index (Phi) is 3.57. The predicted octanol–water partition coefficient (Wildman–Crippen LogP) is 3.94. The summed E-state index contributed by atoms with van der Waals surface area (Å²) in [5, 5.41) is 3.78. The maximum atomic E-state index is 13.3. The van der Waals surface area contributed by atoms with E-state index >= 15 is 0 Å². The van der Waals surface area contributed by atoms with E-state index in [0.717, 1.165) is 30.5 Å². The molecular weight excluding hydrogens is 380 g/mol. The molecule has 6 rings (SSSR count). The summed E-state index contributed by atoms with van der Waals surface area (Å²) in [7, 11) is -3.53. The molecule has 152 valence electrons. The Labute approximate surface area is 173 Å². The van der Waals surface area contributed by atoms with Crippen LogP contribution in [0.5, 0.6) is 0 Å². The van der Waals surface area contributed by atoms with Crippen molar-refractivity contribution in [1.82, 2.24) is 10.0 Å². The van der Waals surface area contributed by atoms with E-state index in [4.69, 9.17) is 0 Å². The molecule has 1 spiro atoms. The van der Waals surface area contributed by atoms with Gasteiger partial charge in [-0.05, 0) is 73.7 Å². The van der Waals surface area contributed by atoms with Gasteiger partial charge in [0.2, 0.25) is 10.0 Å². The SMILES string of the molecule is CCNC12CC3CC4(NS(=O)(=O)c5ccc(-c6ccccc6)cc5)CC(C1)C24C3. The summed E-state index contributed by atoms with van der Waals surface area (Å²) in [5.41, 5.74) is 2.22. The monoisotopic (exact) mass is 408 g/mol. The lowest BCUT2D eigenvalue weighted by Gasteiger charge is -2.77. The third kappa shape index (κ3) is 2.14. The topological polar surface area (TPSA) is 58.2 Å². The molecule has 2 bridgehead atoms. The first-order valence-electron chi connectivity index (χ1n) is 10.9. The van der Waals surface area contributed by atoms with Gasteiger partial charge >= 0.3 is 0 Å². The van der Waals surface area contributed by atoms with Crippen LogP contribution in [0, 0.1) is 17.3 Å². The Morgan fingerprint density at radius 2 is 1.52 bits per heavy atom. The Bertz CT molecular complexity index is 1060. The minimum absolute atomic E-state index is 0.151. The molecule has 2 aromatic rings. The van der Waals surface area contributed by atoms with Gasteiger partial charge in [0.05, 0.1) is 4.90 Å². The first kappa shape index (κ1) is 18.1. The molecule has 0 aliphatic heterocycles. The highest BCUT2D eigenvalue weighted by Gasteiger charge is 2.86. The Morgan fingerprint density at radius 3 is 2.21 bits per heavy atom. The van der Waals surface area contributed by atoms with Crippen LogP contribution in [0.25, 0.3) is 11.1 Å². The second-order valence-electron chi connectivity index (χ2n) is 9.75. The number of rotatable bonds is 6. The van der Waals surface area contributed by atoms with E-state index in [1.165, 1.54) is 19.3 Å². The van der Waals surface area contributed by atoms with Gasteiger partial charge in [0, 0.05) is 16.5 Å². The van der Waals surface area contributed by atoms with Crippen LogP contribution in [0.15, 0.2) is 59.5 Å². The summed E-state index contributed by atoms with van der Waals surface area (Å²) in [6.45, 7) is 3.13. The Balaban J connectivity index is 1.29. The predicted molar refractivity (Wildman–Crippen MR) is 114 cm³/mol. The lowest BCUT2D eigenvalue weighted by molar-refractivity contribution is -0.225. The van der Waals surface area contributed by atoms with Crippen LogP contribution in [0.4, 0.5) is 0 Å². The van der Waals surface area contributed by atoms with E-state index in [0.29, 0.717) is 16.7 Å². The Hall–Kier alpha value is -1.69. The number of hydrogen-bond acceptors (Lipinski definition) is 3. The zero-order chi connectivity index (χ0) is 19.9. The maximum absolute atomic E-state index is 13.3. The highest BCUT2D eigenvalue weighted by molar-refractivity contribution is 7.89. The van der Waals surface area contributed by atoms with Crippen LogP contribution in [-0.4, -0.2) is 26.0 Å². The summed E-state index contributed by atoms with van der Waals surface area (Å²) in [6, 6.07) is 17.4. The molecule has 0 saturated heterocycles. The molecule has 4 aliphatic rings. The average molecular weight is 409 g/mol. The summed E-state index contributed by atoms with van der Waals surface area (Å²) < 4.78 is 29.9. The van der Waals surface area contributed by atoms with Gasteiger partial charge in [-0.1, -0.05) is 49.4 Å². The van der Waals surface area contributed by atoms with Crippen molar-refractivity contribution in [2.75, 3.05) is 6.54 Å². The van der Waals surface area contributed by atoms with Crippen molar-refractivity contribution in [2.45, 2.75) is 55.0 Å². The number of hydrogen-bond donors (Lipinski definition) is 2. The summed E-state index contributed by atoms with van der Waals surface area (Å²) in [4.78, 5) is 0.377. The van der Waals surface area contributed by atoms with Crippen LogP contribution in [0.3, 0.4) is 0 Å². The van der Waals surface area contributed by atoms with Gasteiger partial charge in [-0.25, -0.2) is 13.1 Å². The van der Waals surface area contributed by atoms with Gasteiger partial charge in [0.25, 0.3) is 0 Å². The number of benzene rings is 2. The zero-order valence-electron chi connectivity index (χ0n) is 16.8. The van der Waals surface area contributed by atoms with E-state index in [2.05, 4.69) is 17.0 Å². The quantitative estimate of drug-likeness (QED) is 0.761. The van der Waals surface area contributed by atoms with Crippen LogP contribution < -0.4 is 10.0 Å². The van der Waals surface area contributed by atoms with Gasteiger partial charge < -0.3 is 5.32 Å². The molecule has 4 saturated carbocycles. The van der Waals surface area contributed by atoms with Crippen LogP contribution in [0.2, 0.25) is 0 Å². The number of fused-ring (bicyclic) bond motifs is 1. The molecule has 29 heavy (non-hydrogen) atoms. The number of nitrogens with one attached hydrogen (secondary N) is 2. The lowest BCUT2D eigenvalue weighted by atomic mass is 9.32. The van der Waals surface area contributed by atoms with Crippen molar-refractivity contribution >= 4 is 10.0 Å². The maximum Gasteiger partial charge on any atom is 0.241 e. The minimum atomic E-state index is -3.53. The standard InChI is InChI=1S/C24H28N2O2S/c1-2-25-22-12-17-13-23(16-20(15-22)24(22,23)14-17)26-29(27,28)21-10-8-19(9-11-21)18-6-4-3-5-7-18/h3-11,17,20,25-26H,2,12-16H2,1H3. The molecule has 0 amide bonds. The Morgan fingerprint density at radius 1 is 0.862 bits per heavy atom. The fourth-order valence-electron chi connectivity index (χ4n) is 7.94. The van der Waals surface area contributed by atoms with E-state index < -0.39 is 10.0 Å². The van der Waals surface area contributed by atoms with Crippen molar-refractivity contribution in [3.8, 4) is 11.1 Å². The summed E-state index contributed by atoms with van der Waals surface area (Å²) in [6.07, 6.45) is 5.68. The molecule has 4 nitrogen and oxygen atoms in total. The molecule has 5 unspecified atom stereocenters. The van der Waals surface area contributed by atoms with Gasteiger partial charge in [0.15, 0.2) is 0 Å². The average Bonchev–Trinajstić information content (AvgIpc) is 3.15. The van der Waals surface area contributed by atoms with Crippen molar-refractivity contribution in [2.24, 2.45) is 17.3 Å². The second kappa shape index (κ2) is 5.71. The smallest absolute Gasteiger partial charge is 0.241 e. The molecule has 0 heterocycles. The lowest BCUT2D eigenvalue weighted by Crippen LogP contribution is -2.86. The first-order valence-corrected chi connectivity index (χ1v) is 12.4. The van der Waals surface area contributed by atoms with Crippen molar-refractivity contribution < 1.29 is 8.42 Å². The van der Waals surface area contributed by atoms with E-state index in [1.807, 2.05) is 42.5 Å². The zero-order valence-corrected chi connectivity index (χ0v) is 17.6. The first-order chi connectivity index (χ1) is 13.9. The third-order valence-electron chi connectivity index (χ3n) is 8.60. The molecule has 4 aliphatic carbocycles. The molecule has 5 heteroatoms. The molecule has 0 aromatic heterocycles. The van der Waals surface area contributed by atoms with Crippen LogP contribution in [0.1, 0.15) is 39.0 Å². The minimum Gasteiger partial charge on any atom is -0.311 e. The van der Waals surface area contributed by atoms with Crippen molar-refractivity contribution in [3.63, 3.8) is 0 Å². The number of sulfonamides is 1.